The van der Waals surface area contributed by atoms with Crippen molar-refractivity contribution in [2.24, 2.45) is 0 Å². The van der Waals surface area contributed by atoms with Gasteiger partial charge in [-0.1, -0.05) is 18.2 Å². The van der Waals surface area contributed by atoms with E-state index in [4.69, 9.17) is 5.11 Å². The Hall–Kier alpha value is -1.13. The lowest BCUT2D eigenvalue weighted by Gasteiger charge is -1.99. The molecular weight excluding hydrogens is 190 g/mol. The lowest BCUT2D eigenvalue weighted by molar-refractivity contribution is 0.0699. The number of hydrogen-bond acceptors (Lipinski definition) is 2. The molecule has 0 spiro atoms. The molecular formula is C10H9MgNO2. The standard InChI is InChI=1S/C10H7NO2.Mg.2H/c12-10(13)8-5-1-3-7-4-2-6-11-9(7)8;;;/h1-6H,(H,12,13);;;. The van der Waals surface area contributed by atoms with Gasteiger partial charge >= 0.3 is 29.0 Å². The topological polar surface area (TPSA) is 50.2 Å². The van der Waals surface area contributed by atoms with E-state index in [1.54, 1.807) is 24.4 Å². The Labute approximate surface area is 96.9 Å². The summed E-state index contributed by atoms with van der Waals surface area (Å²) in [5.74, 6) is -0.940. The van der Waals surface area contributed by atoms with Crippen molar-refractivity contribution >= 4 is 39.9 Å². The molecule has 2 rings (SSSR count). The van der Waals surface area contributed by atoms with E-state index in [1.807, 2.05) is 12.1 Å². The largest absolute Gasteiger partial charge is 0.478 e. The van der Waals surface area contributed by atoms with Gasteiger partial charge in [-0.3, -0.25) is 4.98 Å². The molecule has 4 heteroatoms. The van der Waals surface area contributed by atoms with E-state index in [9.17, 15) is 4.79 Å². The molecule has 3 nitrogen and oxygen atoms in total. The molecule has 0 atom stereocenters. The van der Waals surface area contributed by atoms with Crippen molar-refractivity contribution in [1.82, 2.24) is 4.98 Å². The van der Waals surface area contributed by atoms with Crippen LogP contribution >= 0.6 is 0 Å². The van der Waals surface area contributed by atoms with Gasteiger partial charge in [0.2, 0.25) is 0 Å². The summed E-state index contributed by atoms with van der Waals surface area (Å²) < 4.78 is 0. The quantitative estimate of drug-likeness (QED) is 0.698. The number of fused-ring (bicyclic) bond motifs is 1. The number of carboxylic acid groups (broad SMARTS) is 1. The molecule has 1 aromatic carbocycles. The first-order chi connectivity index (χ1) is 6.29. The highest BCUT2D eigenvalue weighted by Gasteiger charge is 2.07. The summed E-state index contributed by atoms with van der Waals surface area (Å²) >= 11 is 0. The van der Waals surface area contributed by atoms with E-state index in [2.05, 4.69) is 4.98 Å². The van der Waals surface area contributed by atoms with E-state index in [-0.39, 0.29) is 28.6 Å². The van der Waals surface area contributed by atoms with Crippen molar-refractivity contribution in [2.75, 3.05) is 0 Å². The number of rotatable bonds is 1. The second-order valence-electron chi connectivity index (χ2n) is 2.69. The second kappa shape index (κ2) is 4.39. The van der Waals surface area contributed by atoms with Gasteiger partial charge in [-0.15, -0.1) is 0 Å². The summed E-state index contributed by atoms with van der Waals surface area (Å²) in [5, 5.41) is 9.69. The van der Waals surface area contributed by atoms with Gasteiger partial charge in [-0.05, 0) is 12.1 Å². The van der Waals surface area contributed by atoms with Crippen LogP contribution in [0, 0.1) is 0 Å². The third kappa shape index (κ3) is 1.86. The van der Waals surface area contributed by atoms with Crippen molar-refractivity contribution in [2.45, 2.75) is 0 Å². The molecule has 68 valence electrons. The van der Waals surface area contributed by atoms with Crippen molar-refractivity contribution in [1.29, 1.82) is 0 Å². The number of hydrogen-bond donors (Lipinski definition) is 1. The van der Waals surface area contributed by atoms with Gasteiger partial charge in [-0.25, -0.2) is 4.79 Å². The Morgan fingerprint density at radius 3 is 2.64 bits per heavy atom. The highest BCUT2D eigenvalue weighted by molar-refractivity contribution is 6.01. The van der Waals surface area contributed by atoms with Crippen molar-refractivity contribution in [3.63, 3.8) is 0 Å². The number of aromatic carboxylic acids is 1. The lowest BCUT2D eigenvalue weighted by atomic mass is 10.1. The fourth-order valence-corrected chi connectivity index (χ4v) is 1.28. The number of carboxylic acids is 1. The fraction of sp³-hybridized carbons (Fsp3) is 0. The van der Waals surface area contributed by atoms with Crippen LogP contribution in [0.3, 0.4) is 0 Å². The minimum absolute atomic E-state index is 0. The molecule has 0 bridgehead atoms. The number of nitrogens with zero attached hydrogens (tertiary/aromatic N) is 1. The van der Waals surface area contributed by atoms with Crippen LogP contribution in [0.1, 0.15) is 10.4 Å². The summed E-state index contributed by atoms with van der Waals surface area (Å²) in [6.45, 7) is 0. The van der Waals surface area contributed by atoms with Crippen LogP contribution in [0.2, 0.25) is 0 Å². The minimum atomic E-state index is -0.940. The van der Waals surface area contributed by atoms with Gasteiger partial charge in [0.1, 0.15) is 0 Å². The first-order valence-corrected chi connectivity index (χ1v) is 3.86. The highest BCUT2D eigenvalue weighted by Crippen LogP contribution is 2.15. The summed E-state index contributed by atoms with van der Waals surface area (Å²) in [5.41, 5.74) is 0.788. The van der Waals surface area contributed by atoms with Gasteiger partial charge in [0, 0.05) is 11.6 Å². The molecule has 0 aliphatic carbocycles. The average Bonchev–Trinajstić information content (AvgIpc) is 2.17. The average molecular weight is 199 g/mol. The number of benzene rings is 1. The van der Waals surface area contributed by atoms with Crippen LogP contribution in [0.15, 0.2) is 36.5 Å². The van der Waals surface area contributed by atoms with E-state index in [0.29, 0.717) is 5.52 Å². The smallest absolute Gasteiger partial charge is 0.337 e. The van der Waals surface area contributed by atoms with Gasteiger partial charge in [-0.2, -0.15) is 0 Å². The minimum Gasteiger partial charge on any atom is -0.478 e. The summed E-state index contributed by atoms with van der Waals surface area (Å²) in [4.78, 5) is 14.8. The molecule has 2 aromatic rings. The predicted octanol–water partition coefficient (Wildman–Crippen LogP) is 1.02. The number of carbonyl (C=O) groups is 1. The molecule has 1 heterocycles. The molecule has 1 aromatic heterocycles. The molecule has 0 amide bonds. The maximum absolute atomic E-state index is 10.8. The van der Waals surface area contributed by atoms with Crippen molar-refractivity contribution in [3.8, 4) is 0 Å². The zero-order chi connectivity index (χ0) is 9.26. The van der Waals surface area contributed by atoms with Crippen molar-refractivity contribution < 1.29 is 9.90 Å². The summed E-state index contributed by atoms with van der Waals surface area (Å²) in [6.07, 6.45) is 1.59. The predicted molar refractivity (Wildman–Crippen MR) is 57.2 cm³/mol. The molecule has 14 heavy (non-hydrogen) atoms. The fourth-order valence-electron chi connectivity index (χ4n) is 1.28. The molecule has 0 radical (unpaired) electrons. The van der Waals surface area contributed by atoms with E-state index >= 15 is 0 Å². The first kappa shape index (κ1) is 10.9. The third-order valence-electron chi connectivity index (χ3n) is 1.86. The number of para-hydroxylation sites is 1. The van der Waals surface area contributed by atoms with E-state index in [1.165, 1.54) is 0 Å². The molecule has 0 fully saturated rings. The Kier molecular flexibility index (Phi) is 3.43. The number of aromatic nitrogens is 1. The third-order valence-corrected chi connectivity index (χ3v) is 1.86. The highest BCUT2D eigenvalue weighted by atomic mass is 24.3. The summed E-state index contributed by atoms with van der Waals surface area (Å²) in [7, 11) is 0. The van der Waals surface area contributed by atoms with E-state index < -0.39 is 5.97 Å². The van der Waals surface area contributed by atoms with Gasteiger partial charge < -0.3 is 5.11 Å². The van der Waals surface area contributed by atoms with E-state index in [0.717, 1.165) is 5.39 Å². The van der Waals surface area contributed by atoms with Gasteiger partial charge in [0.05, 0.1) is 11.1 Å². The number of pyridine rings is 1. The molecule has 1 N–H and O–H groups in total. The van der Waals surface area contributed by atoms with Crippen LogP contribution in [0.25, 0.3) is 10.9 Å². The first-order valence-electron chi connectivity index (χ1n) is 3.86. The SMILES string of the molecule is O=C(O)c1cccc2cccnc12.[MgH2]. The Balaban J connectivity index is 0.000000980. The van der Waals surface area contributed by atoms with Crippen LogP contribution in [-0.4, -0.2) is 39.1 Å². The zero-order valence-corrected chi connectivity index (χ0v) is 6.77. The summed E-state index contributed by atoms with van der Waals surface area (Å²) in [6, 6.07) is 8.74. The Morgan fingerprint density at radius 1 is 1.21 bits per heavy atom. The molecule has 0 aliphatic heterocycles. The zero-order valence-electron chi connectivity index (χ0n) is 6.77. The second-order valence-corrected chi connectivity index (χ2v) is 2.69. The van der Waals surface area contributed by atoms with Crippen LogP contribution in [0.5, 0.6) is 0 Å². The molecule has 0 saturated carbocycles. The molecule has 0 unspecified atom stereocenters. The van der Waals surface area contributed by atoms with Crippen LogP contribution < -0.4 is 0 Å². The Bertz CT molecular complexity index is 465. The molecule has 0 saturated heterocycles. The van der Waals surface area contributed by atoms with Crippen molar-refractivity contribution in [3.05, 3.63) is 42.1 Å². The van der Waals surface area contributed by atoms with Crippen LogP contribution in [0.4, 0.5) is 0 Å². The van der Waals surface area contributed by atoms with Crippen LogP contribution in [-0.2, 0) is 0 Å². The maximum Gasteiger partial charge on any atom is 0.337 e. The molecule has 0 aliphatic rings. The Morgan fingerprint density at radius 2 is 1.93 bits per heavy atom. The maximum atomic E-state index is 10.8. The normalized spacial score (nSPS) is 9.43. The van der Waals surface area contributed by atoms with Gasteiger partial charge in [0.25, 0.3) is 0 Å². The lowest BCUT2D eigenvalue weighted by Crippen LogP contribution is -1.97. The monoisotopic (exact) mass is 199 g/mol. The van der Waals surface area contributed by atoms with Gasteiger partial charge in [0.15, 0.2) is 0 Å².